The number of anilines is 1. The minimum atomic E-state index is -1.02. The molecule has 4 N–H and O–H groups in total. The molecule has 18 heavy (non-hydrogen) atoms. The fraction of sp³-hybridized carbons (Fsp3) is 0.273. The van der Waals surface area contributed by atoms with Gasteiger partial charge < -0.3 is 16.2 Å². The summed E-state index contributed by atoms with van der Waals surface area (Å²) in [7, 11) is 0. The molecule has 0 heterocycles. The number of amides is 1. The van der Waals surface area contributed by atoms with Gasteiger partial charge in [-0.3, -0.25) is 9.59 Å². The Morgan fingerprint density at radius 2 is 2.17 bits per heavy atom. The van der Waals surface area contributed by atoms with E-state index in [2.05, 4.69) is 21.2 Å². The SMILES string of the molecule is CC(CNC(=O)c1cc(Br)cc(F)c1N)C(=O)O. The highest BCUT2D eigenvalue weighted by Crippen LogP contribution is 2.22. The van der Waals surface area contributed by atoms with Gasteiger partial charge in [-0.05, 0) is 12.1 Å². The van der Waals surface area contributed by atoms with E-state index in [9.17, 15) is 14.0 Å². The Hall–Kier alpha value is -1.63. The molecule has 0 saturated carbocycles. The molecule has 1 amide bonds. The number of carbonyl (C=O) groups excluding carboxylic acids is 1. The third kappa shape index (κ3) is 3.43. The molecule has 5 nitrogen and oxygen atoms in total. The number of hydrogen-bond acceptors (Lipinski definition) is 3. The van der Waals surface area contributed by atoms with Crippen LogP contribution in [0.4, 0.5) is 10.1 Å². The maximum Gasteiger partial charge on any atom is 0.308 e. The summed E-state index contributed by atoms with van der Waals surface area (Å²) in [4.78, 5) is 22.3. The lowest BCUT2D eigenvalue weighted by atomic mass is 10.1. The molecule has 1 aromatic rings. The normalized spacial score (nSPS) is 11.9. The lowest BCUT2D eigenvalue weighted by Gasteiger charge is -2.10. The summed E-state index contributed by atoms with van der Waals surface area (Å²) in [6, 6.07) is 2.52. The van der Waals surface area contributed by atoms with Crippen LogP contribution in [-0.2, 0) is 4.79 Å². The summed E-state index contributed by atoms with van der Waals surface area (Å²) >= 11 is 3.05. The van der Waals surface area contributed by atoms with Gasteiger partial charge in [0.15, 0.2) is 0 Å². The van der Waals surface area contributed by atoms with Gasteiger partial charge in [0.25, 0.3) is 5.91 Å². The highest BCUT2D eigenvalue weighted by atomic mass is 79.9. The van der Waals surface area contributed by atoms with Crippen molar-refractivity contribution in [1.29, 1.82) is 0 Å². The lowest BCUT2D eigenvalue weighted by Crippen LogP contribution is -2.32. The van der Waals surface area contributed by atoms with Crippen molar-refractivity contribution in [3.63, 3.8) is 0 Å². The fourth-order valence-corrected chi connectivity index (χ4v) is 1.63. The minimum absolute atomic E-state index is 0.0283. The van der Waals surface area contributed by atoms with E-state index >= 15 is 0 Å². The van der Waals surface area contributed by atoms with Crippen molar-refractivity contribution in [3.8, 4) is 0 Å². The van der Waals surface area contributed by atoms with Gasteiger partial charge in [-0.25, -0.2) is 4.39 Å². The number of nitrogens with two attached hydrogens (primary N) is 1. The minimum Gasteiger partial charge on any atom is -0.481 e. The highest BCUT2D eigenvalue weighted by Gasteiger charge is 2.17. The number of nitrogen functional groups attached to an aromatic ring is 1. The summed E-state index contributed by atoms with van der Waals surface area (Å²) in [6.45, 7) is 1.40. The van der Waals surface area contributed by atoms with E-state index in [1.807, 2.05) is 0 Å². The number of hydrogen-bond donors (Lipinski definition) is 3. The summed E-state index contributed by atoms with van der Waals surface area (Å²) in [6.07, 6.45) is 0. The van der Waals surface area contributed by atoms with Crippen LogP contribution >= 0.6 is 15.9 Å². The van der Waals surface area contributed by atoms with Crippen molar-refractivity contribution in [1.82, 2.24) is 5.32 Å². The maximum atomic E-state index is 13.3. The van der Waals surface area contributed by atoms with Crippen LogP contribution in [0.15, 0.2) is 16.6 Å². The molecule has 0 aliphatic carbocycles. The van der Waals surface area contributed by atoms with Crippen LogP contribution < -0.4 is 11.1 Å². The van der Waals surface area contributed by atoms with Crippen LogP contribution in [0.3, 0.4) is 0 Å². The van der Waals surface area contributed by atoms with Crippen molar-refractivity contribution >= 4 is 33.5 Å². The van der Waals surface area contributed by atoms with Gasteiger partial charge in [-0.15, -0.1) is 0 Å². The molecule has 1 unspecified atom stereocenters. The highest BCUT2D eigenvalue weighted by molar-refractivity contribution is 9.10. The number of aliphatic carboxylic acids is 1. The number of carboxylic acids is 1. The molecule has 1 rings (SSSR count). The van der Waals surface area contributed by atoms with E-state index in [1.165, 1.54) is 13.0 Å². The number of carboxylic acid groups (broad SMARTS) is 1. The lowest BCUT2D eigenvalue weighted by molar-refractivity contribution is -0.140. The quantitative estimate of drug-likeness (QED) is 0.735. The average Bonchev–Trinajstić information content (AvgIpc) is 2.29. The number of nitrogens with one attached hydrogen (secondary N) is 1. The summed E-state index contributed by atoms with van der Waals surface area (Å²) < 4.78 is 13.7. The van der Waals surface area contributed by atoms with E-state index in [4.69, 9.17) is 10.8 Å². The predicted octanol–water partition coefficient (Wildman–Crippen LogP) is 1.62. The van der Waals surface area contributed by atoms with Crippen LogP contribution in [0.1, 0.15) is 17.3 Å². The second-order valence-electron chi connectivity index (χ2n) is 3.80. The molecule has 0 saturated heterocycles. The molecule has 0 radical (unpaired) electrons. The molecule has 1 atom stereocenters. The molecule has 1 aromatic carbocycles. The van der Waals surface area contributed by atoms with E-state index < -0.39 is 23.6 Å². The third-order valence-corrected chi connectivity index (χ3v) is 2.79. The molecule has 0 aromatic heterocycles. The second kappa shape index (κ2) is 5.81. The Kier molecular flexibility index (Phi) is 4.66. The second-order valence-corrected chi connectivity index (χ2v) is 4.71. The molecule has 0 fully saturated rings. The Morgan fingerprint density at radius 1 is 1.56 bits per heavy atom. The van der Waals surface area contributed by atoms with Crippen molar-refractivity contribution < 1.29 is 19.1 Å². The van der Waals surface area contributed by atoms with Gasteiger partial charge in [-0.1, -0.05) is 22.9 Å². The van der Waals surface area contributed by atoms with Crippen LogP contribution in [0.2, 0.25) is 0 Å². The Bertz CT molecular complexity index is 493. The molecule has 0 spiro atoms. The number of benzene rings is 1. The smallest absolute Gasteiger partial charge is 0.308 e. The fourth-order valence-electron chi connectivity index (χ4n) is 1.20. The van der Waals surface area contributed by atoms with Crippen LogP contribution in [0, 0.1) is 11.7 Å². The van der Waals surface area contributed by atoms with Gasteiger partial charge >= 0.3 is 5.97 Å². The van der Waals surface area contributed by atoms with Crippen LogP contribution in [0.25, 0.3) is 0 Å². The van der Waals surface area contributed by atoms with Crippen molar-refractivity contribution in [2.45, 2.75) is 6.92 Å². The van der Waals surface area contributed by atoms with E-state index in [0.717, 1.165) is 6.07 Å². The first-order valence-corrected chi connectivity index (χ1v) is 5.87. The van der Waals surface area contributed by atoms with E-state index in [1.54, 1.807) is 0 Å². The van der Waals surface area contributed by atoms with Crippen molar-refractivity contribution in [2.75, 3.05) is 12.3 Å². The zero-order valence-corrected chi connectivity index (χ0v) is 11.1. The Labute approximate surface area is 111 Å². The number of halogens is 2. The Morgan fingerprint density at radius 3 is 2.72 bits per heavy atom. The molecule has 0 aliphatic heterocycles. The van der Waals surface area contributed by atoms with Gasteiger partial charge in [0.05, 0.1) is 17.2 Å². The molecular formula is C11H12BrFN2O3. The van der Waals surface area contributed by atoms with E-state index in [-0.39, 0.29) is 17.8 Å². The van der Waals surface area contributed by atoms with Gasteiger partial charge in [0, 0.05) is 11.0 Å². The summed E-state index contributed by atoms with van der Waals surface area (Å²) in [5.74, 6) is -3.07. The van der Waals surface area contributed by atoms with Crippen molar-refractivity contribution in [3.05, 3.63) is 28.0 Å². The third-order valence-electron chi connectivity index (χ3n) is 2.33. The number of carbonyl (C=O) groups is 2. The molecule has 7 heteroatoms. The molecule has 98 valence electrons. The standard InChI is InChI=1S/C11H12BrFN2O3/c1-5(11(17)18)4-15-10(16)7-2-6(12)3-8(13)9(7)14/h2-3,5H,4,14H2,1H3,(H,15,16)(H,17,18). The zero-order valence-electron chi connectivity index (χ0n) is 9.54. The zero-order chi connectivity index (χ0) is 13.9. The first kappa shape index (κ1) is 14.4. The van der Waals surface area contributed by atoms with Gasteiger partial charge in [0.1, 0.15) is 5.82 Å². The first-order valence-electron chi connectivity index (χ1n) is 5.08. The monoisotopic (exact) mass is 318 g/mol. The topological polar surface area (TPSA) is 92.4 Å². The van der Waals surface area contributed by atoms with Gasteiger partial charge in [0.2, 0.25) is 0 Å². The first-order chi connectivity index (χ1) is 8.32. The van der Waals surface area contributed by atoms with E-state index in [0.29, 0.717) is 4.47 Å². The predicted molar refractivity (Wildman–Crippen MR) is 67.6 cm³/mol. The maximum absolute atomic E-state index is 13.3. The Balaban J connectivity index is 2.82. The average molecular weight is 319 g/mol. The molecule has 0 aliphatic rings. The van der Waals surface area contributed by atoms with Crippen LogP contribution in [-0.4, -0.2) is 23.5 Å². The van der Waals surface area contributed by atoms with Crippen molar-refractivity contribution in [2.24, 2.45) is 5.92 Å². The number of rotatable bonds is 4. The summed E-state index contributed by atoms with van der Waals surface area (Å²) in [5, 5.41) is 11.1. The van der Waals surface area contributed by atoms with Crippen LogP contribution in [0.5, 0.6) is 0 Å². The summed E-state index contributed by atoms with van der Waals surface area (Å²) in [5.41, 5.74) is 5.15. The largest absolute Gasteiger partial charge is 0.481 e. The van der Waals surface area contributed by atoms with Gasteiger partial charge in [-0.2, -0.15) is 0 Å². The molecule has 0 bridgehead atoms. The molecular weight excluding hydrogens is 307 g/mol.